The highest BCUT2D eigenvalue weighted by Gasteiger charge is 2.23. The summed E-state index contributed by atoms with van der Waals surface area (Å²) in [6.45, 7) is 3.13. The van der Waals surface area contributed by atoms with Crippen LogP contribution in [0, 0.1) is 0 Å². The minimum atomic E-state index is 0.241. The van der Waals surface area contributed by atoms with Crippen molar-refractivity contribution in [3.05, 3.63) is 53.4 Å². The first-order valence-corrected chi connectivity index (χ1v) is 10.4. The number of hydrogen-bond donors (Lipinski definition) is 0. The molecular weight excluding hydrogens is 364 g/mol. The molecule has 4 rings (SSSR count). The standard InChI is InChI=1S/C19H20N4OS2/c24-17(9-8-15-5-2-1-3-6-15)22-10-12-23(13-11-22)19-21-20-18(26-19)16-7-4-14-25-16/h1-7,14H,8-13H2. The van der Waals surface area contributed by atoms with Crippen LogP contribution in [0.4, 0.5) is 5.13 Å². The van der Waals surface area contributed by atoms with Crippen molar-refractivity contribution in [1.82, 2.24) is 15.1 Å². The van der Waals surface area contributed by atoms with E-state index >= 15 is 0 Å². The van der Waals surface area contributed by atoms with E-state index in [-0.39, 0.29) is 5.91 Å². The first-order chi connectivity index (χ1) is 12.8. The van der Waals surface area contributed by atoms with Gasteiger partial charge in [-0.1, -0.05) is 47.7 Å². The lowest BCUT2D eigenvalue weighted by molar-refractivity contribution is -0.131. The van der Waals surface area contributed by atoms with Crippen LogP contribution < -0.4 is 4.90 Å². The van der Waals surface area contributed by atoms with Crippen LogP contribution in [0.15, 0.2) is 47.8 Å². The molecule has 0 radical (unpaired) electrons. The second kappa shape index (κ2) is 7.97. The summed E-state index contributed by atoms with van der Waals surface area (Å²) in [6.07, 6.45) is 1.38. The van der Waals surface area contributed by atoms with Crippen LogP contribution in [-0.4, -0.2) is 47.2 Å². The van der Waals surface area contributed by atoms with Crippen molar-refractivity contribution in [2.24, 2.45) is 0 Å². The number of hydrogen-bond acceptors (Lipinski definition) is 6. The third-order valence-corrected chi connectivity index (χ3v) is 6.54. The lowest BCUT2D eigenvalue weighted by Crippen LogP contribution is -2.48. The maximum atomic E-state index is 12.5. The third-order valence-electron chi connectivity index (χ3n) is 4.52. The number of benzene rings is 1. The summed E-state index contributed by atoms with van der Waals surface area (Å²) in [5.74, 6) is 0.241. The number of aryl methyl sites for hydroxylation is 1. The molecule has 1 saturated heterocycles. The van der Waals surface area contributed by atoms with Crippen molar-refractivity contribution in [3.8, 4) is 9.88 Å². The highest BCUT2D eigenvalue weighted by atomic mass is 32.1. The van der Waals surface area contributed by atoms with Crippen molar-refractivity contribution in [3.63, 3.8) is 0 Å². The van der Waals surface area contributed by atoms with Crippen molar-refractivity contribution < 1.29 is 4.79 Å². The number of amides is 1. The average molecular weight is 385 g/mol. The summed E-state index contributed by atoms with van der Waals surface area (Å²) in [5.41, 5.74) is 1.22. The fraction of sp³-hybridized carbons (Fsp3) is 0.316. The third kappa shape index (κ3) is 3.94. The van der Waals surface area contributed by atoms with Crippen LogP contribution in [-0.2, 0) is 11.2 Å². The average Bonchev–Trinajstić information content (AvgIpc) is 3.38. The Hall–Kier alpha value is -2.25. The molecule has 0 saturated carbocycles. The second-order valence-corrected chi connectivity index (χ2v) is 8.12. The van der Waals surface area contributed by atoms with Gasteiger partial charge in [0.1, 0.15) is 0 Å². The first kappa shape index (κ1) is 17.2. The minimum absolute atomic E-state index is 0.241. The largest absolute Gasteiger partial charge is 0.343 e. The molecule has 0 spiro atoms. The molecule has 0 bridgehead atoms. The van der Waals surface area contributed by atoms with E-state index in [0.717, 1.165) is 47.6 Å². The zero-order valence-corrected chi connectivity index (χ0v) is 16.0. The summed E-state index contributed by atoms with van der Waals surface area (Å²) >= 11 is 3.31. The maximum absolute atomic E-state index is 12.5. The van der Waals surface area contributed by atoms with Crippen molar-refractivity contribution in [1.29, 1.82) is 0 Å². The van der Waals surface area contributed by atoms with Crippen LogP contribution in [0.3, 0.4) is 0 Å². The molecule has 1 aliphatic heterocycles. The predicted molar refractivity (Wildman–Crippen MR) is 107 cm³/mol. The van der Waals surface area contributed by atoms with Crippen LogP contribution in [0.25, 0.3) is 9.88 Å². The molecule has 1 fully saturated rings. The van der Waals surface area contributed by atoms with Gasteiger partial charge in [-0.25, -0.2) is 0 Å². The van der Waals surface area contributed by atoms with Crippen molar-refractivity contribution >= 4 is 33.7 Å². The molecule has 26 heavy (non-hydrogen) atoms. The SMILES string of the molecule is O=C(CCc1ccccc1)N1CCN(c2nnc(-c3cccs3)s2)CC1. The molecule has 2 aromatic heterocycles. The van der Waals surface area contributed by atoms with Gasteiger partial charge in [0.2, 0.25) is 11.0 Å². The summed E-state index contributed by atoms with van der Waals surface area (Å²) in [4.78, 5) is 17.8. The molecule has 134 valence electrons. The Bertz CT molecular complexity index is 840. The number of anilines is 1. The van der Waals surface area contributed by atoms with Crippen LogP contribution in [0.5, 0.6) is 0 Å². The van der Waals surface area contributed by atoms with Crippen LogP contribution in [0.2, 0.25) is 0 Å². The Balaban J connectivity index is 1.29. The lowest BCUT2D eigenvalue weighted by Gasteiger charge is -2.34. The summed E-state index contributed by atoms with van der Waals surface area (Å²) < 4.78 is 0. The Morgan fingerprint density at radius 2 is 1.81 bits per heavy atom. The second-order valence-electron chi connectivity index (χ2n) is 6.22. The Morgan fingerprint density at radius 1 is 1.00 bits per heavy atom. The number of thiophene rings is 1. The minimum Gasteiger partial charge on any atom is -0.343 e. The quantitative estimate of drug-likeness (QED) is 0.675. The molecule has 0 atom stereocenters. The summed E-state index contributed by atoms with van der Waals surface area (Å²) in [5, 5.41) is 12.6. The Morgan fingerprint density at radius 3 is 2.54 bits per heavy atom. The molecule has 5 nitrogen and oxygen atoms in total. The number of carbonyl (C=O) groups excluding carboxylic acids is 1. The van der Waals surface area contributed by atoms with E-state index in [2.05, 4.69) is 38.7 Å². The fourth-order valence-corrected chi connectivity index (χ4v) is 4.73. The molecule has 0 N–H and O–H groups in total. The van der Waals surface area contributed by atoms with Gasteiger partial charge < -0.3 is 9.80 Å². The molecule has 0 aliphatic carbocycles. The van der Waals surface area contributed by atoms with Gasteiger partial charge in [-0.15, -0.1) is 21.5 Å². The smallest absolute Gasteiger partial charge is 0.223 e. The molecule has 3 heterocycles. The predicted octanol–water partition coefficient (Wildman–Crippen LogP) is 3.55. The number of piperazine rings is 1. The molecule has 1 aliphatic rings. The fourth-order valence-electron chi connectivity index (χ4n) is 3.04. The maximum Gasteiger partial charge on any atom is 0.223 e. The number of carbonyl (C=O) groups is 1. The van der Waals surface area contributed by atoms with E-state index in [0.29, 0.717) is 6.42 Å². The zero-order valence-electron chi connectivity index (χ0n) is 14.4. The molecule has 3 aromatic rings. The van der Waals surface area contributed by atoms with Gasteiger partial charge in [0.05, 0.1) is 4.88 Å². The van der Waals surface area contributed by atoms with Crippen molar-refractivity contribution in [2.75, 3.05) is 31.1 Å². The monoisotopic (exact) mass is 384 g/mol. The summed E-state index contributed by atoms with van der Waals surface area (Å²) in [6, 6.07) is 14.3. The van der Waals surface area contributed by atoms with E-state index in [1.165, 1.54) is 5.56 Å². The van der Waals surface area contributed by atoms with Gasteiger partial charge in [0, 0.05) is 32.6 Å². The Kier molecular flexibility index (Phi) is 5.26. The molecule has 7 heteroatoms. The lowest BCUT2D eigenvalue weighted by atomic mass is 10.1. The first-order valence-electron chi connectivity index (χ1n) is 8.73. The van der Waals surface area contributed by atoms with Gasteiger partial charge in [-0.3, -0.25) is 4.79 Å². The van der Waals surface area contributed by atoms with E-state index in [1.54, 1.807) is 22.7 Å². The molecule has 1 amide bonds. The molecule has 0 unspecified atom stereocenters. The highest BCUT2D eigenvalue weighted by Crippen LogP contribution is 2.31. The molecule has 1 aromatic carbocycles. The van der Waals surface area contributed by atoms with Gasteiger partial charge in [0.15, 0.2) is 5.01 Å². The van der Waals surface area contributed by atoms with Gasteiger partial charge in [0.25, 0.3) is 0 Å². The zero-order chi connectivity index (χ0) is 17.8. The van der Waals surface area contributed by atoms with Crippen LogP contribution >= 0.6 is 22.7 Å². The van der Waals surface area contributed by atoms with Crippen molar-refractivity contribution in [2.45, 2.75) is 12.8 Å². The number of nitrogens with zero attached hydrogens (tertiary/aromatic N) is 4. The van der Waals surface area contributed by atoms with Gasteiger partial charge in [-0.05, 0) is 23.4 Å². The summed E-state index contributed by atoms with van der Waals surface area (Å²) in [7, 11) is 0. The van der Waals surface area contributed by atoms with E-state index in [4.69, 9.17) is 0 Å². The van der Waals surface area contributed by atoms with Crippen LogP contribution in [0.1, 0.15) is 12.0 Å². The number of aromatic nitrogens is 2. The van der Waals surface area contributed by atoms with E-state index in [1.807, 2.05) is 29.2 Å². The van der Waals surface area contributed by atoms with Gasteiger partial charge >= 0.3 is 0 Å². The topological polar surface area (TPSA) is 49.3 Å². The molecular formula is C19H20N4OS2. The number of rotatable bonds is 5. The van der Waals surface area contributed by atoms with E-state index < -0.39 is 0 Å². The van der Waals surface area contributed by atoms with Gasteiger partial charge in [-0.2, -0.15) is 0 Å². The van der Waals surface area contributed by atoms with E-state index in [9.17, 15) is 4.79 Å². The normalized spacial score (nSPS) is 14.6. The Labute approximate surface area is 160 Å². The highest BCUT2D eigenvalue weighted by molar-refractivity contribution is 7.22.